The maximum absolute atomic E-state index is 5.99. The second kappa shape index (κ2) is 6.75. The van der Waals surface area contributed by atoms with E-state index in [9.17, 15) is 0 Å². The molecule has 1 aliphatic rings. The molecule has 1 aliphatic heterocycles. The summed E-state index contributed by atoms with van der Waals surface area (Å²) in [5.74, 6) is 2.53. The second-order valence-electron chi connectivity index (χ2n) is 5.51. The van der Waals surface area contributed by atoms with E-state index in [2.05, 4.69) is 28.8 Å². The highest BCUT2D eigenvalue weighted by Gasteiger charge is 2.22. The molecular formula is C17H21N3O2. The lowest BCUT2D eigenvalue weighted by Gasteiger charge is -2.29. The van der Waals surface area contributed by atoms with Gasteiger partial charge < -0.3 is 9.47 Å². The predicted molar refractivity (Wildman–Crippen MR) is 84.1 cm³/mol. The quantitative estimate of drug-likeness (QED) is 0.848. The molecule has 0 amide bonds. The van der Waals surface area contributed by atoms with E-state index < -0.39 is 0 Å². The van der Waals surface area contributed by atoms with Gasteiger partial charge in [0, 0.05) is 25.7 Å². The van der Waals surface area contributed by atoms with Crippen LogP contribution in [-0.2, 0) is 13.0 Å². The van der Waals surface area contributed by atoms with E-state index in [1.165, 1.54) is 0 Å². The minimum absolute atomic E-state index is 0.0346. The first-order valence-corrected chi connectivity index (χ1v) is 7.62. The number of nitrogens with zero attached hydrogens (tertiary/aromatic N) is 3. The van der Waals surface area contributed by atoms with Gasteiger partial charge in [0.25, 0.3) is 0 Å². The molecule has 1 atom stereocenters. The number of likely N-dealkylation sites (N-methyl/N-ethyl adjacent to an activating group) is 1. The van der Waals surface area contributed by atoms with Gasteiger partial charge in [-0.15, -0.1) is 0 Å². The molecule has 0 saturated carbocycles. The molecule has 2 aromatic rings. The fourth-order valence-electron chi connectivity index (χ4n) is 2.54. The van der Waals surface area contributed by atoms with Crippen molar-refractivity contribution in [1.29, 1.82) is 0 Å². The summed E-state index contributed by atoms with van der Waals surface area (Å²) in [4.78, 5) is 11.0. The van der Waals surface area contributed by atoms with Crippen LogP contribution in [0.1, 0.15) is 18.4 Å². The second-order valence-corrected chi connectivity index (χ2v) is 5.51. The van der Waals surface area contributed by atoms with Crippen molar-refractivity contribution in [2.75, 3.05) is 20.2 Å². The van der Waals surface area contributed by atoms with Crippen LogP contribution in [-0.4, -0.2) is 41.2 Å². The Morgan fingerprint density at radius 3 is 2.86 bits per heavy atom. The Kier molecular flexibility index (Phi) is 4.53. The number of aryl methyl sites for hydroxylation is 1. The standard InChI is InChI=1S/C17H21N3O2/c1-3-17-18-9-8-13(19-17)10-20(2)11-14-12-21-15-6-4-5-7-16(15)22-14/h4-9,14H,3,10-12H2,1-2H3/t14-/m0/s1. The number of ether oxygens (including phenoxy) is 2. The zero-order valence-electron chi connectivity index (χ0n) is 13.0. The average molecular weight is 299 g/mol. The number of hydrogen-bond acceptors (Lipinski definition) is 5. The first kappa shape index (κ1) is 14.8. The monoisotopic (exact) mass is 299 g/mol. The number of rotatable bonds is 5. The van der Waals surface area contributed by atoms with Gasteiger partial charge in [-0.25, -0.2) is 9.97 Å². The van der Waals surface area contributed by atoms with Crippen LogP contribution in [0.4, 0.5) is 0 Å². The van der Waals surface area contributed by atoms with E-state index in [1.807, 2.05) is 36.5 Å². The molecule has 2 heterocycles. The lowest BCUT2D eigenvalue weighted by molar-refractivity contribution is 0.0635. The Hall–Kier alpha value is -2.14. The van der Waals surface area contributed by atoms with Gasteiger partial charge in [0.2, 0.25) is 0 Å². The molecule has 0 unspecified atom stereocenters. The molecule has 5 nitrogen and oxygen atoms in total. The zero-order chi connectivity index (χ0) is 15.4. The number of benzene rings is 1. The van der Waals surface area contributed by atoms with Crippen molar-refractivity contribution in [3.63, 3.8) is 0 Å². The highest BCUT2D eigenvalue weighted by molar-refractivity contribution is 5.40. The van der Waals surface area contributed by atoms with E-state index in [0.717, 1.165) is 42.5 Å². The third kappa shape index (κ3) is 3.54. The van der Waals surface area contributed by atoms with Gasteiger partial charge in [0.1, 0.15) is 18.5 Å². The molecule has 0 bridgehead atoms. The highest BCUT2D eigenvalue weighted by atomic mass is 16.6. The minimum Gasteiger partial charge on any atom is -0.486 e. The average Bonchev–Trinajstić information content (AvgIpc) is 2.55. The van der Waals surface area contributed by atoms with Crippen LogP contribution < -0.4 is 9.47 Å². The summed E-state index contributed by atoms with van der Waals surface area (Å²) >= 11 is 0. The molecule has 0 fully saturated rings. The van der Waals surface area contributed by atoms with Gasteiger partial charge in [-0.05, 0) is 25.2 Å². The van der Waals surface area contributed by atoms with Crippen LogP contribution >= 0.6 is 0 Å². The number of hydrogen-bond donors (Lipinski definition) is 0. The first-order valence-electron chi connectivity index (χ1n) is 7.62. The molecule has 3 rings (SSSR count). The molecule has 0 saturated heterocycles. The topological polar surface area (TPSA) is 47.5 Å². The number of fused-ring (bicyclic) bond motifs is 1. The van der Waals surface area contributed by atoms with Gasteiger partial charge in [-0.2, -0.15) is 0 Å². The largest absolute Gasteiger partial charge is 0.486 e. The third-order valence-corrected chi connectivity index (χ3v) is 3.59. The van der Waals surface area contributed by atoms with Gasteiger partial charge in [-0.3, -0.25) is 4.90 Å². The van der Waals surface area contributed by atoms with E-state index in [1.54, 1.807) is 0 Å². The van der Waals surface area contributed by atoms with Crippen molar-refractivity contribution in [2.45, 2.75) is 26.0 Å². The molecule has 0 aliphatic carbocycles. The lowest BCUT2D eigenvalue weighted by Crippen LogP contribution is -2.39. The highest BCUT2D eigenvalue weighted by Crippen LogP contribution is 2.30. The van der Waals surface area contributed by atoms with Crippen LogP contribution in [0.3, 0.4) is 0 Å². The van der Waals surface area contributed by atoms with Gasteiger partial charge in [0.05, 0.1) is 5.69 Å². The van der Waals surface area contributed by atoms with Gasteiger partial charge in [-0.1, -0.05) is 19.1 Å². The summed E-state index contributed by atoms with van der Waals surface area (Å²) in [5.41, 5.74) is 1.03. The Bertz CT molecular complexity index is 633. The Balaban J connectivity index is 1.57. The fourth-order valence-corrected chi connectivity index (χ4v) is 2.54. The zero-order valence-corrected chi connectivity index (χ0v) is 13.0. The normalized spacial score (nSPS) is 16.8. The van der Waals surface area contributed by atoms with E-state index in [0.29, 0.717) is 6.61 Å². The van der Waals surface area contributed by atoms with E-state index in [4.69, 9.17) is 9.47 Å². The molecule has 0 N–H and O–H groups in total. The van der Waals surface area contributed by atoms with Crippen molar-refractivity contribution < 1.29 is 9.47 Å². The molecule has 5 heteroatoms. The molecule has 0 radical (unpaired) electrons. The summed E-state index contributed by atoms with van der Waals surface area (Å²) in [6, 6.07) is 9.75. The summed E-state index contributed by atoms with van der Waals surface area (Å²) < 4.78 is 11.7. The maximum atomic E-state index is 5.99. The van der Waals surface area contributed by atoms with Crippen molar-refractivity contribution in [1.82, 2.24) is 14.9 Å². The third-order valence-electron chi connectivity index (χ3n) is 3.59. The molecule has 0 spiro atoms. The van der Waals surface area contributed by atoms with Crippen LogP contribution in [0.2, 0.25) is 0 Å². The summed E-state index contributed by atoms with van der Waals surface area (Å²) in [5, 5.41) is 0. The molecule has 22 heavy (non-hydrogen) atoms. The Labute approximate surface area is 130 Å². The van der Waals surface area contributed by atoms with Crippen molar-refractivity contribution in [3.8, 4) is 11.5 Å². The lowest BCUT2D eigenvalue weighted by atomic mass is 10.2. The van der Waals surface area contributed by atoms with Gasteiger partial charge >= 0.3 is 0 Å². The maximum Gasteiger partial charge on any atom is 0.161 e. The first-order chi connectivity index (χ1) is 10.7. The van der Waals surface area contributed by atoms with Crippen molar-refractivity contribution in [2.24, 2.45) is 0 Å². The number of para-hydroxylation sites is 2. The number of aromatic nitrogens is 2. The fraction of sp³-hybridized carbons (Fsp3) is 0.412. The van der Waals surface area contributed by atoms with Crippen molar-refractivity contribution in [3.05, 3.63) is 48.0 Å². The Morgan fingerprint density at radius 2 is 2.05 bits per heavy atom. The van der Waals surface area contributed by atoms with Gasteiger partial charge in [0.15, 0.2) is 11.5 Å². The summed E-state index contributed by atoms with van der Waals surface area (Å²) in [6.45, 7) is 4.20. The van der Waals surface area contributed by atoms with E-state index in [-0.39, 0.29) is 6.10 Å². The molecular weight excluding hydrogens is 278 g/mol. The minimum atomic E-state index is 0.0346. The molecule has 1 aromatic carbocycles. The van der Waals surface area contributed by atoms with Crippen LogP contribution in [0.5, 0.6) is 11.5 Å². The molecule has 116 valence electrons. The summed E-state index contributed by atoms with van der Waals surface area (Å²) in [6.07, 6.45) is 2.71. The van der Waals surface area contributed by atoms with Crippen LogP contribution in [0, 0.1) is 0 Å². The van der Waals surface area contributed by atoms with Crippen molar-refractivity contribution >= 4 is 0 Å². The molecule has 1 aromatic heterocycles. The van der Waals surface area contributed by atoms with Crippen LogP contribution in [0.15, 0.2) is 36.5 Å². The van der Waals surface area contributed by atoms with E-state index >= 15 is 0 Å². The summed E-state index contributed by atoms with van der Waals surface area (Å²) in [7, 11) is 2.07. The van der Waals surface area contributed by atoms with Crippen LogP contribution in [0.25, 0.3) is 0 Å². The predicted octanol–water partition coefficient (Wildman–Crippen LogP) is 2.31. The smallest absolute Gasteiger partial charge is 0.161 e. The Morgan fingerprint density at radius 1 is 1.23 bits per heavy atom. The SMILES string of the molecule is CCc1nccc(CN(C)C[C@H]2COc3ccccc3O2)n1.